The maximum Gasteiger partial charge on any atom is 0.276 e. The first kappa shape index (κ1) is 17.7. The van der Waals surface area contributed by atoms with Crippen LogP contribution >= 0.6 is 15.9 Å². The summed E-state index contributed by atoms with van der Waals surface area (Å²) in [6.07, 6.45) is 0.687. The number of hydrogen-bond acceptors (Lipinski definition) is 3. The molecule has 0 bridgehead atoms. The van der Waals surface area contributed by atoms with Gasteiger partial charge in [-0.05, 0) is 42.2 Å². The molecule has 0 fully saturated rings. The van der Waals surface area contributed by atoms with E-state index in [1.807, 2.05) is 30.3 Å². The Morgan fingerprint density at radius 2 is 1.70 bits per heavy atom. The van der Waals surface area contributed by atoms with Crippen molar-refractivity contribution in [3.63, 3.8) is 0 Å². The quantitative estimate of drug-likeness (QED) is 0.589. The number of hydrogen-bond donors (Lipinski definition) is 1. The van der Waals surface area contributed by atoms with Gasteiger partial charge in [0.15, 0.2) is 0 Å². The molecule has 1 N–H and O–H groups in total. The van der Waals surface area contributed by atoms with Crippen LogP contribution in [0.25, 0.3) is 0 Å². The number of sulfonamides is 1. The standard InChI is InChI=1S/C17H19BrN2O2S/c1-13(2)12-17(14-6-4-3-5-7-14)19-20-23(21,22)16-10-8-15(18)9-11-16/h3-11,13,20H,12H2,1-2H3. The lowest BCUT2D eigenvalue weighted by Crippen LogP contribution is -2.21. The molecule has 0 atom stereocenters. The molecule has 122 valence electrons. The topological polar surface area (TPSA) is 58.5 Å². The van der Waals surface area contributed by atoms with Crippen LogP contribution in [0.3, 0.4) is 0 Å². The number of halogens is 1. The summed E-state index contributed by atoms with van der Waals surface area (Å²) in [5.41, 5.74) is 1.64. The highest BCUT2D eigenvalue weighted by atomic mass is 79.9. The van der Waals surface area contributed by atoms with E-state index in [1.165, 1.54) is 12.1 Å². The third-order valence-corrected chi connectivity index (χ3v) is 4.89. The predicted molar refractivity (Wildman–Crippen MR) is 96.9 cm³/mol. The molecule has 0 spiro atoms. The van der Waals surface area contributed by atoms with Gasteiger partial charge in [0.1, 0.15) is 0 Å². The van der Waals surface area contributed by atoms with Crippen LogP contribution in [-0.2, 0) is 10.0 Å². The number of nitrogens with zero attached hydrogens (tertiary/aromatic N) is 1. The van der Waals surface area contributed by atoms with Gasteiger partial charge in [0, 0.05) is 4.47 Å². The molecule has 0 aliphatic rings. The van der Waals surface area contributed by atoms with Crippen molar-refractivity contribution < 1.29 is 8.42 Å². The lowest BCUT2D eigenvalue weighted by atomic mass is 10.0. The second kappa shape index (κ2) is 7.75. The summed E-state index contributed by atoms with van der Waals surface area (Å²) in [5.74, 6) is 0.367. The molecule has 23 heavy (non-hydrogen) atoms. The molecule has 0 aliphatic heterocycles. The van der Waals surface area contributed by atoms with Crippen molar-refractivity contribution in [1.29, 1.82) is 0 Å². The van der Waals surface area contributed by atoms with E-state index in [0.717, 1.165) is 15.7 Å². The van der Waals surface area contributed by atoms with Crippen LogP contribution in [0.4, 0.5) is 0 Å². The third kappa shape index (κ3) is 5.18. The van der Waals surface area contributed by atoms with Gasteiger partial charge in [-0.2, -0.15) is 18.4 Å². The van der Waals surface area contributed by atoms with Crippen LogP contribution in [0.15, 0.2) is 69.1 Å². The van der Waals surface area contributed by atoms with Crippen LogP contribution in [0.1, 0.15) is 25.8 Å². The number of hydrazone groups is 1. The summed E-state index contributed by atoms with van der Waals surface area (Å²) in [6, 6.07) is 16.0. The first-order chi connectivity index (χ1) is 10.9. The smallest absolute Gasteiger partial charge is 0.200 e. The fourth-order valence-electron chi connectivity index (χ4n) is 2.03. The van der Waals surface area contributed by atoms with Crippen LogP contribution in [0.2, 0.25) is 0 Å². The second-order valence-corrected chi connectivity index (χ2v) is 8.15. The zero-order valence-corrected chi connectivity index (χ0v) is 15.4. The fraction of sp³-hybridized carbons (Fsp3) is 0.235. The van der Waals surface area contributed by atoms with Crippen molar-refractivity contribution in [3.8, 4) is 0 Å². The lowest BCUT2D eigenvalue weighted by Gasteiger charge is -2.11. The molecule has 0 saturated heterocycles. The first-order valence-corrected chi connectivity index (χ1v) is 9.55. The second-order valence-electron chi connectivity index (χ2n) is 5.57. The Kier molecular flexibility index (Phi) is 5.96. The molecule has 2 rings (SSSR count). The van der Waals surface area contributed by atoms with E-state index in [2.05, 4.69) is 39.7 Å². The van der Waals surface area contributed by atoms with Gasteiger partial charge in [-0.15, -0.1) is 0 Å². The molecule has 4 nitrogen and oxygen atoms in total. The van der Waals surface area contributed by atoms with Crippen molar-refractivity contribution >= 4 is 31.7 Å². The summed E-state index contributed by atoms with van der Waals surface area (Å²) in [7, 11) is -3.67. The first-order valence-electron chi connectivity index (χ1n) is 7.28. The van der Waals surface area contributed by atoms with Crippen LogP contribution in [0.5, 0.6) is 0 Å². The number of nitrogens with one attached hydrogen (secondary N) is 1. The van der Waals surface area contributed by atoms with Gasteiger partial charge in [-0.1, -0.05) is 60.1 Å². The molecule has 0 heterocycles. The molecule has 0 amide bonds. The Morgan fingerprint density at radius 3 is 2.26 bits per heavy atom. The summed E-state index contributed by atoms with van der Waals surface area (Å²) < 4.78 is 25.5. The minimum absolute atomic E-state index is 0.182. The van der Waals surface area contributed by atoms with E-state index < -0.39 is 10.0 Å². The van der Waals surface area contributed by atoms with Gasteiger partial charge in [0.25, 0.3) is 10.0 Å². The molecular formula is C17H19BrN2O2S. The lowest BCUT2D eigenvalue weighted by molar-refractivity contribution is 0.583. The van der Waals surface area contributed by atoms with Gasteiger partial charge < -0.3 is 0 Å². The molecule has 0 aliphatic carbocycles. The zero-order chi connectivity index (χ0) is 16.9. The van der Waals surface area contributed by atoms with Gasteiger partial charge in [-0.25, -0.2) is 0 Å². The van der Waals surface area contributed by atoms with Gasteiger partial charge in [-0.3, -0.25) is 0 Å². The average molecular weight is 395 g/mol. The molecule has 0 saturated carbocycles. The van der Waals surface area contributed by atoms with E-state index in [0.29, 0.717) is 12.3 Å². The van der Waals surface area contributed by atoms with Crippen molar-refractivity contribution in [2.24, 2.45) is 11.0 Å². The van der Waals surface area contributed by atoms with Crippen LogP contribution in [-0.4, -0.2) is 14.1 Å². The Hall–Kier alpha value is -1.66. The Bertz CT molecular complexity index is 770. The van der Waals surface area contributed by atoms with Gasteiger partial charge in [0.05, 0.1) is 10.6 Å². The van der Waals surface area contributed by atoms with Gasteiger partial charge in [0.2, 0.25) is 0 Å². The molecule has 2 aromatic carbocycles. The molecule has 6 heteroatoms. The number of benzene rings is 2. The largest absolute Gasteiger partial charge is 0.276 e. The maximum absolute atomic E-state index is 12.3. The van der Waals surface area contributed by atoms with E-state index in [1.54, 1.807) is 12.1 Å². The highest BCUT2D eigenvalue weighted by molar-refractivity contribution is 9.10. The van der Waals surface area contributed by atoms with E-state index in [-0.39, 0.29) is 4.90 Å². The highest BCUT2D eigenvalue weighted by Crippen LogP contribution is 2.15. The summed E-state index contributed by atoms with van der Waals surface area (Å²) in [5, 5.41) is 4.17. The molecule has 2 aromatic rings. The molecule has 0 unspecified atom stereocenters. The zero-order valence-electron chi connectivity index (χ0n) is 13.0. The average Bonchev–Trinajstić information content (AvgIpc) is 2.52. The maximum atomic E-state index is 12.3. The minimum Gasteiger partial charge on any atom is -0.200 e. The van der Waals surface area contributed by atoms with Crippen molar-refractivity contribution in [3.05, 3.63) is 64.6 Å². The Morgan fingerprint density at radius 1 is 1.09 bits per heavy atom. The molecular weight excluding hydrogens is 376 g/mol. The van der Waals surface area contributed by atoms with Crippen molar-refractivity contribution in [2.45, 2.75) is 25.2 Å². The fourth-order valence-corrected chi connectivity index (χ4v) is 3.12. The summed E-state index contributed by atoms with van der Waals surface area (Å²) >= 11 is 3.29. The summed E-state index contributed by atoms with van der Waals surface area (Å²) in [4.78, 5) is 2.53. The van der Waals surface area contributed by atoms with Crippen molar-refractivity contribution in [2.75, 3.05) is 0 Å². The van der Waals surface area contributed by atoms with E-state index in [4.69, 9.17) is 0 Å². The Balaban J connectivity index is 2.27. The SMILES string of the molecule is CC(C)CC(=NNS(=O)(=O)c1ccc(Br)cc1)c1ccccc1. The Labute approximate surface area is 145 Å². The predicted octanol–water partition coefficient (Wildman–Crippen LogP) is 4.18. The third-order valence-electron chi connectivity index (χ3n) is 3.13. The van der Waals surface area contributed by atoms with Gasteiger partial charge >= 0.3 is 0 Å². The molecule has 0 aromatic heterocycles. The van der Waals surface area contributed by atoms with E-state index >= 15 is 0 Å². The number of rotatable bonds is 6. The summed E-state index contributed by atoms with van der Waals surface area (Å²) in [6.45, 7) is 4.14. The van der Waals surface area contributed by atoms with Crippen LogP contribution < -0.4 is 4.83 Å². The van der Waals surface area contributed by atoms with Crippen molar-refractivity contribution in [1.82, 2.24) is 4.83 Å². The minimum atomic E-state index is -3.67. The monoisotopic (exact) mass is 394 g/mol. The normalized spacial score (nSPS) is 12.4. The molecule has 0 radical (unpaired) electrons. The highest BCUT2D eigenvalue weighted by Gasteiger charge is 2.14. The van der Waals surface area contributed by atoms with Crippen LogP contribution in [0, 0.1) is 5.92 Å². The van der Waals surface area contributed by atoms with E-state index in [9.17, 15) is 8.42 Å².